The monoisotopic (exact) mass is 444 g/mol. The van der Waals surface area contributed by atoms with E-state index in [4.69, 9.17) is 0 Å². The molecule has 0 aliphatic heterocycles. The molecule has 0 aliphatic carbocycles. The van der Waals surface area contributed by atoms with Gasteiger partial charge in [0.15, 0.2) is 0 Å². The molecule has 3 aromatic rings. The highest BCUT2D eigenvalue weighted by Crippen LogP contribution is 2.29. The van der Waals surface area contributed by atoms with Crippen molar-refractivity contribution in [3.05, 3.63) is 83.7 Å². The van der Waals surface area contributed by atoms with E-state index in [0.717, 1.165) is 36.0 Å². The summed E-state index contributed by atoms with van der Waals surface area (Å²) in [6.45, 7) is 4.46. The largest absolute Gasteiger partial charge is 0.206 e. The Morgan fingerprint density at radius 1 is 0.485 bits per heavy atom. The predicted molar refractivity (Wildman–Crippen MR) is 142 cm³/mol. The van der Waals surface area contributed by atoms with E-state index in [-0.39, 0.29) is 5.82 Å². The first-order valence-corrected chi connectivity index (χ1v) is 13.2. The third kappa shape index (κ3) is 8.14. The van der Waals surface area contributed by atoms with Crippen LogP contribution in [0.1, 0.15) is 89.2 Å². The fourth-order valence-corrected chi connectivity index (χ4v) is 4.57. The van der Waals surface area contributed by atoms with Gasteiger partial charge in [-0.05, 0) is 53.1 Å². The molecule has 0 amide bonds. The Bertz CT molecular complexity index is 937. The number of benzene rings is 3. The van der Waals surface area contributed by atoms with Crippen LogP contribution in [0.2, 0.25) is 0 Å². The zero-order valence-electron chi connectivity index (χ0n) is 20.7. The molecule has 0 heterocycles. The van der Waals surface area contributed by atoms with E-state index in [1.165, 1.54) is 68.9 Å². The minimum Gasteiger partial charge on any atom is -0.206 e. The second-order valence-electron chi connectivity index (χ2n) is 9.42. The van der Waals surface area contributed by atoms with Gasteiger partial charge in [0.25, 0.3) is 0 Å². The molecule has 0 fully saturated rings. The van der Waals surface area contributed by atoms with Crippen LogP contribution in [-0.2, 0) is 12.8 Å². The lowest BCUT2D eigenvalue weighted by atomic mass is 9.97. The van der Waals surface area contributed by atoms with Crippen LogP contribution in [0.15, 0.2) is 66.7 Å². The molecule has 3 rings (SSSR count). The van der Waals surface area contributed by atoms with Crippen molar-refractivity contribution in [1.82, 2.24) is 0 Å². The highest BCUT2D eigenvalue weighted by molar-refractivity contribution is 5.71. The minimum absolute atomic E-state index is 0.156. The molecule has 0 saturated heterocycles. The minimum atomic E-state index is -0.156. The molecular formula is C32H41F. The van der Waals surface area contributed by atoms with Crippen molar-refractivity contribution in [2.24, 2.45) is 0 Å². The fraction of sp³-hybridized carbons (Fsp3) is 0.438. The number of rotatable bonds is 14. The SMILES string of the molecule is CCCCCCCCCCCc1ccc(-c2ccc(-c3ccc(CCC)cc3)cc2F)cc1. The lowest BCUT2D eigenvalue weighted by molar-refractivity contribution is 0.565. The van der Waals surface area contributed by atoms with E-state index in [1.54, 1.807) is 6.07 Å². The third-order valence-electron chi connectivity index (χ3n) is 6.63. The van der Waals surface area contributed by atoms with Crippen LogP contribution in [0, 0.1) is 5.82 Å². The Morgan fingerprint density at radius 3 is 1.58 bits per heavy atom. The topological polar surface area (TPSA) is 0 Å². The summed E-state index contributed by atoms with van der Waals surface area (Å²) in [6, 6.07) is 22.6. The van der Waals surface area contributed by atoms with Gasteiger partial charge in [0.2, 0.25) is 0 Å². The summed E-state index contributed by atoms with van der Waals surface area (Å²) in [5, 5.41) is 0. The first-order valence-electron chi connectivity index (χ1n) is 13.2. The maximum absolute atomic E-state index is 14.9. The second kappa shape index (κ2) is 14.0. The smallest absolute Gasteiger partial charge is 0.131 e. The summed E-state index contributed by atoms with van der Waals surface area (Å²) in [5.41, 5.74) is 6.31. The van der Waals surface area contributed by atoms with Crippen LogP contribution in [0.5, 0.6) is 0 Å². The van der Waals surface area contributed by atoms with E-state index in [0.29, 0.717) is 5.56 Å². The summed E-state index contributed by atoms with van der Waals surface area (Å²) >= 11 is 0. The van der Waals surface area contributed by atoms with Crippen molar-refractivity contribution < 1.29 is 4.39 Å². The molecule has 0 spiro atoms. The van der Waals surface area contributed by atoms with Crippen molar-refractivity contribution in [2.45, 2.75) is 90.9 Å². The highest BCUT2D eigenvalue weighted by Gasteiger charge is 2.08. The van der Waals surface area contributed by atoms with Gasteiger partial charge < -0.3 is 0 Å². The van der Waals surface area contributed by atoms with Crippen molar-refractivity contribution in [3.8, 4) is 22.3 Å². The summed E-state index contributed by atoms with van der Waals surface area (Å²) < 4.78 is 14.9. The van der Waals surface area contributed by atoms with Gasteiger partial charge >= 0.3 is 0 Å². The van der Waals surface area contributed by atoms with Gasteiger partial charge in [-0.2, -0.15) is 0 Å². The Kier molecular flexibility index (Phi) is 10.7. The van der Waals surface area contributed by atoms with Crippen molar-refractivity contribution >= 4 is 0 Å². The van der Waals surface area contributed by atoms with Crippen molar-refractivity contribution in [2.75, 3.05) is 0 Å². The highest BCUT2D eigenvalue weighted by atomic mass is 19.1. The molecule has 1 heteroatoms. The van der Waals surface area contributed by atoms with Crippen LogP contribution >= 0.6 is 0 Å². The fourth-order valence-electron chi connectivity index (χ4n) is 4.57. The van der Waals surface area contributed by atoms with Crippen LogP contribution in [0.4, 0.5) is 4.39 Å². The van der Waals surface area contributed by atoms with Crippen molar-refractivity contribution in [1.29, 1.82) is 0 Å². The quantitative estimate of drug-likeness (QED) is 0.217. The lowest BCUT2D eigenvalue weighted by Crippen LogP contribution is -1.90. The van der Waals surface area contributed by atoms with Gasteiger partial charge in [-0.15, -0.1) is 0 Å². The van der Waals surface area contributed by atoms with E-state index in [2.05, 4.69) is 62.4 Å². The molecule has 33 heavy (non-hydrogen) atoms. The molecule has 0 nitrogen and oxygen atoms in total. The summed E-state index contributed by atoms with van der Waals surface area (Å²) in [6.07, 6.45) is 15.5. The number of aryl methyl sites for hydroxylation is 2. The summed E-state index contributed by atoms with van der Waals surface area (Å²) in [4.78, 5) is 0. The molecule has 0 unspecified atom stereocenters. The van der Waals surface area contributed by atoms with E-state index in [1.807, 2.05) is 12.1 Å². The molecule has 3 aromatic carbocycles. The normalized spacial score (nSPS) is 11.1. The summed E-state index contributed by atoms with van der Waals surface area (Å²) in [7, 11) is 0. The molecule has 176 valence electrons. The standard InChI is InChI=1S/C32H41F/c1-3-5-6-7-8-9-10-11-12-14-27-17-21-29(22-18-27)31-24-23-30(25-32(31)33)28-19-15-26(13-4-2)16-20-28/h15-25H,3-14H2,1-2H3. The average molecular weight is 445 g/mol. The first-order chi connectivity index (χ1) is 16.2. The average Bonchev–Trinajstić information content (AvgIpc) is 2.84. The number of halogens is 1. The number of hydrogen-bond acceptors (Lipinski definition) is 0. The van der Waals surface area contributed by atoms with Crippen LogP contribution in [-0.4, -0.2) is 0 Å². The van der Waals surface area contributed by atoms with Gasteiger partial charge in [0.05, 0.1) is 0 Å². The predicted octanol–water partition coefficient (Wildman–Crippen LogP) is 10.2. The van der Waals surface area contributed by atoms with E-state index < -0.39 is 0 Å². The molecule has 0 atom stereocenters. The van der Waals surface area contributed by atoms with Gasteiger partial charge in [0.1, 0.15) is 5.82 Å². The first kappa shape index (κ1) is 25.2. The Hall–Kier alpha value is -2.41. The number of hydrogen-bond donors (Lipinski definition) is 0. The van der Waals surface area contributed by atoms with Gasteiger partial charge in [0, 0.05) is 5.56 Å². The molecule has 0 aliphatic rings. The maximum Gasteiger partial charge on any atom is 0.131 e. The number of unbranched alkanes of at least 4 members (excludes halogenated alkanes) is 8. The molecule has 0 saturated carbocycles. The molecular weight excluding hydrogens is 403 g/mol. The Balaban J connectivity index is 1.49. The van der Waals surface area contributed by atoms with E-state index in [9.17, 15) is 4.39 Å². The van der Waals surface area contributed by atoms with Gasteiger partial charge in [-0.25, -0.2) is 4.39 Å². The Morgan fingerprint density at radius 2 is 1.00 bits per heavy atom. The Labute approximate surface area is 201 Å². The molecule has 0 N–H and O–H groups in total. The van der Waals surface area contributed by atoms with Gasteiger partial charge in [-0.1, -0.05) is 132 Å². The van der Waals surface area contributed by atoms with Crippen LogP contribution in [0.25, 0.3) is 22.3 Å². The van der Waals surface area contributed by atoms with Crippen LogP contribution < -0.4 is 0 Å². The zero-order chi connectivity index (χ0) is 23.3. The molecule has 0 aromatic heterocycles. The zero-order valence-corrected chi connectivity index (χ0v) is 20.7. The lowest BCUT2D eigenvalue weighted by Gasteiger charge is -2.09. The van der Waals surface area contributed by atoms with Crippen molar-refractivity contribution in [3.63, 3.8) is 0 Å². The summed E-state index contributed by atoms with van der Waals surface area (Å²) in [5.74, 6) is -0.156. The maximum atomic E-state index is 14.9. The molecule has 0 bridgehead atoms. The van der Waals surface area contributed by atoms with Crippen LogP contribution in [0.3, 0.4) is 0 Å². The molecule has 0 radical (unpaired) electrons. The van der Waals surface area contributed by atoms with Gasteiger partial charge in [-0.3, -0.25) is 0 Å². The van der Waals surface area contributed by atoms with E-state index >= 15 is 0 Å². The second-order valence-corrected chi connectivity index (χ2v) is 9.42. The third-order valence-corrected chi connectivity index (χ3v) is 6.63.